The maximum atomic E-state index is 13.3. The maximum Gasteiger partial charge on any atom is 0.573 e. The fourth-order valence-corrected chi connectivity index (χ4v) is 4.29. The summed E-state index contributed by atoms with van der Waals surface area (Å²) < 4.78 is 52.2. The van der Waals surface area contributed by atoms with Gasteiger partial charge in [0.2, 0.25) is 0 Å². The first kappa shape index (κ1) is 25.9. The van der Waals surface area contributed by atoms with Gasteiger partial charge >= 0.3 is 6.36 Å². The summed E-state index contributed by atoms with van der Waals surface area (Å²) in [5.41, 5.74) is 0.370. The van der Waals surface area contributed by atoms with E-state index < -0.39 is 35.6 Å². The van der Waals surface area contributed by atoms with Crippen LogP contribution in [-0.2, 0) is 9.59 Å². The summed E-state index contributed by atoms with van der Waals surface area (Å²) in [6.07, 6.45) is -4.89. The number of rotatable bonds is 6. The predicted molar refractivity (Wildman–Crippen MR) is 129 cm³/mol. The number of aliphatic hydroxyl groups excluding tert-OH is 1. The van der Waals surface area contributed by atoms with Gasteiger partial charge in [-0.15, -0.1) is 13.2 Å². The van der Waals surface area contributed by atoms with E-state index in [4.69, 9.17) is 21.1 Å². The van der Waals surface area contributed by atoms with Crippen molar-refractivity contribution in [2.75, 3.05) is 19.1 Å². The molecule has 3 aromatic carbocycles. The Hall–Kier alpha value is -4.18. The second kappa shape index (κ2) is 10.1. The number of hydrogen-bond donors (Lipinski definition) is 1. The van der Waals surface area contributed by atoms with Gasteiger partial charge in [-0.3, -0.25) is 14.5 Å². The van der Waals surface area contributed by atoms with Gasteiger partial charge in [0.05, 0.1) is 36.4 Å². The molecule has 0 radical (unpaired) electrons. The van der Waals surface area contributed by atoms with Gasteiger partial charge in [-0.1, -0.05) is 41.9 Å². The third kappa shape index (κ3) is 5.05. The predicted octanol–water partition coefficient (Wildman–Crippen LogP) is 5.88. The Labute approximate surface area is 214 Å². The summed E-state index contributed by atoms with van der Waals surface area (Å²) >= 11 is 6.24. The number of alkyl halides is 3. The lowest BCUT2D eigenvalue weighted by molar-refractivity contribution is -0.274. The van der Waals surface area contributed by atoms with Crippen molar-refractivity contribution in [2.24, 2.45) is 0 Å². The van der Waals surface area contributed by atoms with Crippen LogP contribution in [0, 0.1) is 0 Å². The highest BCUT2D eigenvalue weighted by Crippen LogP contribution is 2.45. The van der Waals surface area contributed by atoms with Crippen molar-refractivity contribution in [3.05, 3.63) is 88.5 Å². The van der Waals surface area contributed by atoms with Gasteiger partial charge in [0.25, 0.3) is 11.7 Å². The van der Waals surface area contributed by atoms with Crippen molar-refractivity contribution in [2.45, 2.75) is 12.4 Å². The zero-order valence-corrected chi connectivity index (χ0v) is 20.1. The molecule has 1 aliphatic heterocycles. The summed E-state index contributed by atoms with van der Waals surface area (Å²) in [7, 11) is 2.74. The number of carbonyl (C=O) groups excluding carboxylic acids is 2. The highest BCUT2D eigenvalue weighted by atomic mass is 35.5. The number of methoxy groups -OCH3 is 2. The van der Waals surface area contributed by atoms with E-state index in [2.05, 4.69) is 4.74 Å². The van der Waals surface area contributed by atoms with Gasteiger partial charge in [-0.25, -0.2) is 0 Å². The molecule has 0 bridgehead atoms. The first-order valence-electron chi connectivity index (χ1n) is 10.7. The van der Waals surface area contributed by atoms with Gasteiger partial charge in [-0.2, -0.15) is 0 Å². The minimum absolute atomic E-state index is 0.0427. The zero-order valence-electron chi connectivity index (χ0n) is 19.4. The van der Waals surface area contributed by atoms with Crippen LogP contribution in [0.25, 0.3) is 5.76 Å². The Balaban J connectivity index is 1.89. The number of halogens is 4. The molecule has 1 atom stereocenters. The lowest BCUT2D eigenvalue weighted by atomic mass is 9.94. The molecule has 1 amide bonds. The molecule has 37 heavy (non-hydrogen) atoms. The monoisotopic (exact) mass is 533 g/mol. The third-order valence-electron chi connectivity index (χ3n) is 5.64. The fourth-order valence-electron chi connectivity index (χ4n) is 4.05. The molecule has 1 aliphatic rings. The van der Waals surface area contributed by atoms with E-state index >= 15 is 0 Å². The first-order chi connectivity index (χ1) is 17.6. The lowest BCUT2D eigenvalue weighted by Gasteiger charge is -2.25. The number of aliphatic hydroxyl groups is 1. The van der Waals surface area contributed by atoms with Crippen molar-refractivity contribution in [3.63, 3.8) is 0 Å². The zero-order chi connectivity index (χ0) is 26.9. The average molecular weight is 534 g/mol. The quantitative estimate of drug-likeness (QED) is 0.242. The number of carbonyl (C=O) groups is 2. The second-order valence-electron chi connectivity index (χ2n) is 7.81. The highest BCUT2D eigenvalue weighted by Gasteiger charge is 2.47. The summed E-state index contributed by atoms with van der Waals surface area (Å²) in [6, 6.07) is 14.5. The van der Waals surface area contributed by atoms with E-state index in [0.717, 1.165) is 17.0 Å². The molecule has 11 heteroatoms. The van der Waals surface area contributed by atoms with E-state index in [1.807, 2.05) is 0 Å². The van der Waals surface area contributed by atoms with Crippen LogP contribution in [0.5, 0.6) is 17.2 Å². The molecule has 1 heterocycles. The van der Waals surface area contributed by atoms with E-state index in [1.54, 1.807) is 30.3 Å². The molecular formula is C26H19ClF3NO6. The molecule has 3 aromatic rings. The van der Waals surface area contributed by atoms with Crippen molar-refractivity contribution in [1.82, 2.24) is 0 Å². The lowest BCUT2D eigenvalue weighted by Crippen LogP contribution is -2.29. The molecule has 1 N–H and O–H groups in total. The molecule has 1 fully saturated rings. The van der Waals surface area contributed by atoms with E-state index in [1.165, 1.54) is 38.5 Å². The molecule has 1 unspecified atom stereocenters. The Morgan fingerprint density at radius 3 is 2.14 bits per heavy atom. The van der Waals surface area contributed by atoms with Crippen LogP contribution in [0.3, 0.4) is 0 Å². The molecule has 0 aromatic heterocycles. The second-order valence-corrected chi connectivity index (χ2v) is 8.22. The number of Topliss-reactive ketones (excluding diaryl/α,β-unsaturated/α-hetero) is 1. The Kier molecular flexibility index (Phi) is 7.04. The largest absolute Gasteiger partial charge is 0.573 e. The number of ether oxygens (including phenoxy) is 3. The molecular weight excluding hydrogens is 515 g/mol. The van der Waals surface area contributed by atoms with Crippen LogP contribution in [0.1, 0.15) is 17.2 Å². The Morgan fingerprint density at radius 2 is 1.57 bits per heavy atom. The van der Waals surface area contributed by atoms with Crippen LogP contribution in [0.15, 0.2) is 72.3 Å². The fraction of sp³-hybridized carbons (Fsp3) is 0.154. The molecule has 1 saturated heterocycles. The standard InChI is InChI=1S/C26H19ClF3NO6/c1-35-19-13-20(36-2)18(27)12-17(19)23(32)21-22(14-6-4-3-5-7-14)31(25(34)24(21)33)15-8-10-16(11-9-15)37-26(28,29)30/h3-13,22,32H,1-2H3/b23-21+. The highest BCUT2D eigenvalue weighted by molar-refractivity contribution is 6.51. The molecule has 4 rings (SSSR count). The van der Waals surface area contributed by atoms with Crippen LogP contribution < -0.4 is 19.1 Å². The molecule has 7 nitrogen and oxygen atoms in total. The van der Waals surface area contributed by atoms with Crippen LogP contribution in [0.2, 0.25) is 5.02 Å². The van der Waals surface area contributed by atoms with E-state index in [0.29, 0.717) is 5.56 Å². The third-order valence-corrected chi connectivity index (χ3v) is 5.93. The topological polar surface area (TPSA) is 85.3 Å². The summed E-state index contributed by atoms with van der Waals surface area (Å²) in [4.78, 5) is 27.6. The number of benzene rings is 3. The normalized spacial score (nSPS) is 17.1. The molecule has 0 saturated carbocycles. The minimum Gasteiger partial charge on any atom is -0.507 e. The van der Waals surface area contributed by atoms with Gasteiger partial charge in [-0.05, 0) is 35.9 Å². The van der Waals surface area contributed by atoms with Gasteiger partial charge in [0.1, 0.15) is 23.0 Å². The van der Waals surface area contributed by atoms with E-state index in [9.17, 15) is 27.9 Å². The van der Waals surface area contributed by atoms with Crippen molar-refractivity contribution in [1.29, 1.82) is 0 Å². The van der Waals surface area contributed by atoms with Crippen molar-refractivity contribution >= 4 is 34.7 Å². The Bertz CT molecular complexity index is 1370. The number of hydrogen-bond acceptors (Lipinski definition) is 6. The minimum atomic E-state index is -4.89. The summed E-state index contributed by atoms with van der Waals surface area (Å²) in [5.74, 6) is -2.65. The van der Waals surface area contributed by atoms with Gasteiger partial charge in [0.15, 0.2) is 0 Å². The SMILES string of the molecule is COc1cc(OC)c(/C(O)=C2\C(=O)C(=O)N(c3ccc(OC(F)(F)F)cc3)C2c2ccccc2)cc1Cl. The van der Waals surface area contributed by atoms with Crippen molar-refractivity contribution < 1.29 is 42.1 Å². The first-order valence-corrected chi connectivity index (χ1v) is 11.1. The number of ketones is 1. The van der Waals surface area contributed by atoms with Crippen LogP contribution >= 0.6 is 11.6 Å². The van der Waals surface area contributed by atoms with Crippen LogP contribution in [-0.4, -0.2) is 37.4 Å². The maximum absolute atomic E-state index is 13.3. The average Bonchev–Trinajstić information content (AvgIpc) is 3.13. The van der Waals surface area contributed by atoms with Crippen molar-refractivity contribution in [3.8, 4) is 17.2 Å². The van der Waals surface area contributed by atoms with Gasteiger partial charge in [0, 0.05) is 11.8 Å². The Morgan fingerprint density at radius 1 is 0.946 bits per heavy atom. The summed E-state index contributed by atoms with van der Waals surface area (Å²) in [6.45, 7) is 0. The van der Waals surface area contributed by atoms with E-state index in [-0.39, 0.29) is 33.3 Å². The molecule has 192 valence electrons. The molecule has 0 spiro atoms. The molecule has 0 aliphatic carbocycles. The van der Waals surface area contributed by atoms with Gasteiger partial charge < -0.3 is 19.3 Å². The number of nitrogens with zero attached hydrogens (tertiary/aromatic N) is 1. The van der Waals surface area contributed by atoms with Crippen LogP contribution in [0.4, 0.5) is 18.9 Å². The number of amides is 1. The summed E-state index contributed by atoms with van der Waals surface area (Å²) in [5, 5.41) is 11.5. The number of anilines is 1. The smallest absolute Gasteiger partial charge is 0.507 e.